The standard InChI is InChI=1S/C14H19N5OS/c1-8-7-21-13-11(8)12(16-9(2)17-13)18-10-4-3-5-19(6-10)14(15)20/h7,10H,3-6H2,1-2H3,(H2,15,20)(H,16,17,18)/t10-/m0/s1. The molecule has 2 aromatic rings. The minimum absolute atomic E-state index is 0.183. The van der Waals surface area contributed by atoms with E-state index >= 15 is 0 Å². The van der Waals surface area contributed by atoms with Gasteiger partial charge in [0.2, 0.25) is 0 Å². The fourth-order valence-corrected chi connectivity index (χ4v) is 3.75. The first kappa shape index (κ1) is 14.1. The number of nitrogens with two attached hydrogens (primary N) is 1. The van der Waals surface area contributed by atoms with Crippen molar-refractivity contribution in [1.82, 2.24) is 14.9 Å². The molecule has 0 radical (unpaired) electrons. The third-order valence-electron chi connectivity index (χ3n) is 3.80. The van der Waals surface area contributed by atoms with Crippen LogP contribution in [0.15, 0.2) is 5.38 Å². The summed E-state index contributed by atoms with van der Waals surface area (Å²) < 4.78 is 0. The Labute approximate surface area is 127 Å². The minimum Gasteiger partial charge on any atom is -0.365 e. The SMILES string of the molecule is Cc1nc(N[C@H]2CCCN(C(N)=O)C2)c2c(C)csc2n1. The van der Waals surface area contributed by atoms with Gasteiger partial charge in [0.25, 0.3) is 0 Å². The van der Waals surface area contributed by atoms with E-state index in [1.165, 1.54) is 5.56 Å². The van der Waals surface area contributed by atoms with Gasteiger partial charge in [-0.2, -0.15) is 0 Å². The Balaban J connectivity index is 1.87. The van der Waals surface area contributed by atoms with Crippen molar-refractivity contribution in [3.8, 4) is 0 Å². The zero-order valence-corrected chi connectivity index (χ0v) is 13.0. The Hall–Kier alpha value is -1.89. The normalized spacial score (nSPS) is 19.0. The number of primary amides is 1. The highest BCUT2D eigenvalue weighted by Gasteiger charge is 2.23. The number of hydrogen-bond donors (Lipinski definition) is 2. The number of nitrogens with one attached hydrogen (secondary N) is 1. The number of hydrogen-bond acceptors (Lipinski definition) is 5. The molecule has 1 saturated heterocycles. The van der Waals surface area contributed by atoms with Crippen molar-refractivity contribution < 1.29 is 4.79 Å². The number of aromatic nitrogens is 2. The summed E-state index contributed by atoms with van der Waals surface area (Å²) >= 11 is 1.63. The summed E-state index contributed by atoms with van der Waals surface area (Å²) in [6.07, 6.45) is 1.97. The molecule has 2 aromatic heterocycles. The van der Waals surface area contributed by atoms with E-state index in [0.29, 0.717) is 6.54 Å². The van der Waals surface area contributed by atoms with E-state index in [4.69, 9.17) is 5.73 Å². The van der Waals surface area contributed by atoms with Gasteiger partial charge < -0.3 is 16.0 Å². The molecule has 3 rings (SSSR count). The molecule has 2 amide bonds. The predicted octanol–water partition coefficient (Wildman–Crippen LogP) is 2.26. The number of carbonyl (C=O) groups excluding carboxylic acids is 1. The first-order valence-electron chi connectivity index (χ1n) is 7.08. The van der Waals surface area contributed by atoms with E-state index in [1.54, 1.807) is 16.2 Å². The zero-order valence-electron chi connectivity index (χ0n) is 12.2. The number of carbonyl (C=O) groups is 1. The number of likely N-dealkylation sites (tertiary alicyclic amines) is 1. The number of anilines is 1. The van der Waals surface area contributed by atoms with Crippen LogP contribution in [0.5, 0.6) is 0 Å². The molecule has 112 valence electrons. The van der Waals surface area contributed by atoms with Crippen molar-refractivity contribution in [2.24, 2.45) is 5.73 Å². The summed E-state index contributed by atoms with van der Waals surface area (Å²) in [5.74, 6) is 1.63. The van der Waals surface area contributed by atoms with Gasteiger partial charge in [0.05, 0.1) is 5.39 Å². The third kappa shape index (κ3) is 2.78. The second-order valence-corrected chi connectivity index (χ2v) is 6.34. The van der Waals surface area contributed by atoms with Crippen LogP contribution in [0.3, 0.4) is 0 Å². The van der Waals surface area contributed by atoms with Crippen LogP contribution in [0.4, 0.5) is 10.6 Å². The van der Waals surface area contributed by atoms with E-state index in [0.717, 1.165) is 41.2 Å². The van der Waals surface area contributed by atoms with Crippen LogP contribution in [0.1, 0.15) is 24.2 Å². The second kappa shape index (κ2) is 5.48. The Bertz CT molecular complexity index is 683. The van der Waals surface area contributed by atoms with Crippen LogP contribution in [-0.4, -0.2) is 40.0 Å². The van der Waals surface area contributed by atoms with Gasteiger partial charge in [-0.25, -0.2) is 14.8 Å². The molecule has 0 aromatic carbocycles. The van der Waals surface area contributed by atoms with E-state index in [9.17, 15) is 4.79 Å². The van der Waals surface area contributed by atoms with Crippen LogP contribution >= 0.6 is 11.3 Å². The quantitative estimate of drug-likeness (QED) is 0.891. The Morgan fingerprint density at radius 2 is 2.29 bits per heavy atom. The van der Waals surface area contributed by atoms with Gasteiger partial charge >= 0.3 is 6.03 Å². The number of fused-ring (bicyclic) bond motifs is 1. The van der Waals surface area contributed by atoms with Crippen molar-refractivity contribution in [1.29, 1.82) is 0 Å². The van der Waals surface area contributed by atoms with E-state index in [1.807, 2.05) is 6.92 Å². The van der Waals surface area contributed by atoms with Gasteiger partial charge in [0, 0.05) is 19.1 Å². The molecule has 6 nitrogen and oxygen atoms in total. The average Bonchev–Trinajstić information content (AvgIpc) is 2.80. The largest absolute Gasteiger partial charge is 0.365 e. The number of rotatable bonds is 2. The van der Waals surface area contributed by atoms with Crippen molar-refractivity contribution in [2.45, 2.75) is 32.7 Å². The predicted molar refractivity (Wildman–Crippen MR) is 84.7 cm³/mol. The summed E-state index contributed by atoms with van der Waals surface area (Å²) in [5.41, 5.74) is 6.56. The summed E-state index contributed by atoms with van der Waals surface area (Å²) in [5, 5.41) is 6.67. The number of nitrogens with zero attached hydrogens (tertiary/aromatic N) is 3. The molecule has 1 atom stereocenters. The molecule has 0 bridgehead atoms. The topological polar surface area (TPSA) is 84.1 Å². The molecular weight excluding hydrogens is 286 g/mol. The van der Waals surface area contributed by atoms with Crippen molar-refractivity contribution in [3.05, 3.63) is 16.8 Å². The van der Waals surface area contributed by atoms with Gasteiger partial charge in [0.15, 0.2) is 0 Å². The lowest BCUT2D eigenvalue weighted by atomic mass is 10.1. The lowest BCUT2D eigenvalue weighted by Crippen LogP contribution is -2.47. The highest BCUT2D eigenvalue weighted by atomic mass is 32.1. The third-order valence-corrected chi connectivity index (χ3v) is 4.79. The van der Waals surface area contributed by atoms with Gasteiger partial charge in [-0.05, 0) is 37.6 Å². The van der Waals surface area contributed by atoms with Gasteiger partial charge in [-0.15, -0.1) is 11.3 Å². The molecule has 0 saturated carbocycles. The molecule has 7 heteroatoms. The molecule has 3 heterocycles. The smallest absolute Gasteiger partial charge is 0.314 e. The molecular formula is C14H19N5OS. The lowest BCUT2D eigenvalue weighted by Gasteiger charge is -2.32. The van der Waals surface area contributed by atoms with Crippen LogP contribution in [0, 0.1) is 13.8 Å². The van der Waals surface area contributed by atoms with Crippen LogP contribution in [0.2, 0.25) is 0 Å². The monoisotopic (exact) mass is 305 g/mol. The number of amides is 2. The first-order chi connectivity index (χ1) is 10.0. The maximum atomic E-state index is 11.3. The maximum Gasteiger partial charge on any atom is 0.314 e. The van der Waals surface area contributed by atoms with Crippen molar-refractivity contribution >= 4 is 33.4 Å². The summed E-state index contributed by atoms with van der Waals surface area (Å²) in [4.78, 5) is 23.0. The highest BCUT2D eigenvalue weighted by molar-refractivity contribution is 7.17. The zero-order chi connectivity index (χ0) is 15.0. The number of piperidine rings is 1. The fourth-order valence-electron chi connectivity index (χ4n) is 2.78. The highest BCUT2D eigenvalue weighted by Crippen LogP contribution is 2.30. The fraction of sp³-hybridized carbons (Fsp3) is 0.500. The van der Waals surface area contributed by atoms with Crippen molar-refractivity contribution in [2.75, 3.05) is 18.4 Å². The van der Waals surface area contributed by atoms with Crippen LogP contribution in [0.25, 0.3) is 10.2 Å². The first-order valence-corrected chi connectivity index (χ1v) is 7.96. The number of aryl methyl sites for hydroxylation is 2. The Kier molecular flexibility index (Phi) is 3.67. The summed E-state index contributed by atoms with van der Waals surface area (Å²) in [6, 6.07) is -0.166. The molecule has 1 fully saturated rings. The number of thiophene rings is 1. The minimum atomic E-state index is -0.350. The van der Waals surface area contributed by atoms with E-state index in [-0.39, 0.29) is 12.1 Å². The van der Waals surface area contributed by atoms with E-state index < -0.39 is 0 Å². The van der Waals surface area contributed by atoms with Crippen LogP contribution < -0.4 is 11.1 Å². The average molecular weight is 305 g/mol. The van der Waals surface area contributed by atoms with Gasteiger partial charge in [0.1, 0.15) is 16.5 Å². The molecule has 1 aliphatic rings. The molecule has 1 aliphatic heterocycles. The lowest BCUT2D eigenvalue weighted by molar-refractivity contribution is 0.192. The second-order valence-electron chi connectivity index (χ2n) is 5.49. The summed E-state index contributed by atoms with van der Waals surface area (Å²) in [6.45, 7) is 5.34. The van der Waals surface area contributed by atoms with E-state index in [2.05, 4.69) is 27.6 Å². The molecule has 0 aliphatic carbocycles. The molecule has 21 heavy (non-hydrogen) atoms. The Morgan fingerprint density at radius 3 is 3.05 bits per heavy atom. The van der Waals surface area contributed by atoms with Gasteiger partial charge in [-0.3, -0.25) is 0 Å². The molecule has 3 N–H and O–H groups in total. The van der Waals surface area contributed by atoms with Crippen LogP contribution in [-0.2, 0) is 0 Å². The van der Waals surface area contributed by atoms with Gasteiger partial charge in [-0.1, -0.05) is 0 Å². The number of urea groups is 1. The summed E-state index contributed by atoms with van der Waals surface area (Å²) in [7, 11) is 0. The molecule has 0 unspecified atom stereocenters. The molecule has 0 spiro atoms. The maximum absolute atomic E-state index is 11.3. The Morgan fingerprint density at radius 1 is 1.48 bits per heavy atom. The van der Waals surface area contributed by atoms with Crippen molar-refractivity contribution in [3.63, 3.8) is 0 Å².